The van der Waals surface area contributed by atoms with Gasteiger partial charge in [-0.2, -0.15) is 0 Å². The number of halogens is 1. The topological polar surface area (TPSA) is 30.0 Å². The lowest BCUT2D eigenvalue weighted by Crippen LogP contribution is -2.10. The highest BCUT2D eigenvalue weighted by atomic mass is 19.1. The largest absolute Gasteiger partial charge is 0.294 e. The monoisotopic (exact) mass is 349 g/mol. The van der Waals surface area contributed by atoms with Crippen LogP contribution in [0.25, 0.3) is 5.57 Å². The van der Waals surface area contributed by atoms with Gasteiger partial charge in [0.2, 0.25) is 0 Å². The molecule has 1 aromatic heterocycles. The van der Waals surface area contributed by atoms with Gasteiger partial charge in [-0.1, -0.05) is 42.0 Å². The zero-order valence-electron chi connectivity index (χ0n) is 15.4. The number of carbonyl (C=O) groups excluding carboxylic acids is 1. The molecule has 0 bridgehead atoms. The second-order valence-electron chi connectivity index (χ2n) is 7.20. The maximum atomic E-state index is 13.7. The summed E-state index contributed by atoms with van der Waals surface area (Å²) in [5.74, 6) is -0.249. The van der Waals surface area contributed by atoms with Crippen LogP contribution in [0.5, 0.6) is 0 Å². The lowest BCUT2D eigenvalue weighted by atomic mass is 9.79. The molecule has 0 radical (unpaired) electrons. The van der Waals surface area contributed by atoms with E-state index in [1.54, 1.807) is 0 Å². The first-order chi connectivity index (χ1) is 12.5. The minimum Gasteiger partial charge on any atom is -0.294 e. The Morgan fingerprint density at radius 2 is 2.00 bits per heavy atom. The van der Waals surface area contributed by atoms with Crippen LogP contribution in [0, 0.1) is 11.7 Å². The zero-order valence-corrected chi connectivity index (χ0v) is 15.4. The molecule has 1 heterocycles. The number of Topliss-reactive ketones (excluding diaryl/α,β-unsaturated/α-hetero) is 1. The van der Waals surface area contributed by atoms with Crippen molar-refractivity contribution in [3.05, 3.63) is 83.0 Å². The molecule has 2 nitrogen and oxygen atoms in total. The summed E-state index contributed by atoms with van der Waals surface area (Å²) < 4.78 is 13.7. The lowest BCUT2D eigenvalue weighted by molar-refractivity contribution is 0.0989. The van der Waals surface area contributed by atoms with Crippen molar-refractivity contribution in [2.24, 2.45) is 5.92 Å². The van der Waals surface area contributed by atoms with Crippen LogP contribution in [0.2, 0.25) is 0 Å². The van der Waals surface area contributed by atoms with Gasteiger partial charge < -0.3 is 0 Å². The third-order valence-corrected chi connectivity index (χ3v) is 5.27. The number of benzene rings is 1. The van der Waals surface area contributed by atoms with Gasteiger partial charge in [-0.25, -0.2) is 4.39 Å². The third-order valence-electron chi connectivity index (χ3n) is 5.27. The Balaban J connectivity index is 1.75. The predicted molar refractivity (Wildman–Crippen MR) is 103 cm³/mol. The van der Waals surface area contributed by atoms with Crippen LogP contribution in [-0.4, -0.2) is 10.8 Å². The van der Waals surface area contributed by atoms with Gasteiger partial charge in [0.25, 0.3) is 0 Å². The summed E-state index contributed by atoms with van der Waals surface area (Å²) in [5, 5.41) is 0. The van der Waals surface area contributed by atoms with E-state index in [4.69, 9.17) is 0 Å². The molecule has 0 unspecified atom stereocenters. The fraction of sp³-hybridized carbons (Fsp3) is 0.304. The predicted octanol–water partition coefficient (Wildman–Crippen LogP) is 5.80. The maximum absolute atomic E-state index is 13.7. The van der Waals surface area contributed by atoms with E-state index in [-0.39, 0.29) is 17.8 Å². The van der Waals surface area contributed by atoms with Crippen LogP contribution in [0.15, 0.2) is 60.5 Å². The Labute approximate surface area is 154 Å². The fourth-order valence-corrected chi connectivity index (χ4v) is 3.55. The molecule has 1 aliphatic rings. The number of allylic oxidation sites excluding steroid dienone is 3. The average Bonchev–Trinajstić information content (AvgIpc) is 2.63. The van der Waals surface area contributed by atoms with E-state index in [1.807, 2.05) is 12.1 Å². The van der Waals surface area contributed by atoms with E-state index in [9.17, 15) is 9.18 Å². The second kappa shape index (κ2) is 7.77. The fourth-order valence-electron chi connectivity index (χ4n) is 3.55. The molecular weight excluding hydrogens is 325 g/mol. The summed E-state index contributed by atoms with van der Waals surface area (Å²) in [7, 11) is 0. The van der Waals surface area contributed by atoms with Gasteiger partial charge in [0.1, 0.15) is 0 Å². The van der Waals surface area contributed by atoms with E-state index in [1.165, 1.54) is 41.0 Å². The molecule has 0 saturated carbocycles. The normalized spacial score (nSPS) is 17.3. The highest BCUT2D eigenvalue weighted by Gasteiger charge is 2.20. The van der Waals surface area contributed by atoms with Gasteiger partial charge in [0.15, 0.2) is 11.6 Å². The Morgan fingerprint density at radius 1 is 1.27 bits per heavy atom. The van der Waals surface area contributed by atoms with Gasteiger partial charge >= 0.3 is 0 Å². The molecule has 0 spiro atoms. The molecule has 0 N–H and O–H groups in total. The SMILES string of the molecule is C=C(C)[C@@H]1CCC(C)=C(c2ccc(CC(=O)c3ccncc3F)cc2)C1. The van der Waals surface area contributed by atoms with Gasteiger partial charge in [0.05, 0.1) is 11.8 Å². The van der Waals surface area contributed by atoms with Gasteiger partial charge in [-0.05, 0) is 61.8 Å². The smallest absolute Gasteiger partial charge is 0.170 e. The Kier molecular flexibility index (Phi) is 5.46. The number of aromatic nitrogens is 1. The number of rotatable bonds is 5. The quantitative estimate of drug-likeness (QED) is 0.505. The van der Waals surface area contributed by atoms with Crippen molar-refractivity contribution in [3.63, 3.8) is 0 Å². The highest BCUT2D eigenvalue weighted by molar-refractivity contribution is 5.97. The van der Waals surface area contributed by atoms with Crippen LogP contribution in [0.4, 0.5) is 4.39 Å². The lowest BCUT2D eigenvalue weighted by Gasteiger charge is -2.26. The van der Waals surface area contributed by atoms with Crippen molar-refractivity contribution in [2.75, 3.05) is 0 Å². The number of nitrogens with zero attached hydrogens (tertiary/aromatic N) is 1. The number of pyridine rings is 1. The summed E-state index contributed by atoms with van der Waals surface area (Å²) in [5.41, 5.74) is 6.27. The highest BCUT2D eigenvalue weighted by Crippen LogP contribution is 2.38. The second-order valence-corrected chi connectivity index (χ2v) is 7.20. The summed E-state index contributed by atoms with van der Waals surface area (Å²) >= 11 is 0. The standard InChI is InChI=1S/C23H24FNO/c1-15(2)19-7-4-16(3)21(13-19)18-8-5-17(6-9-18)12-23(26)20-10-11-25-14-22(20)24/h5-6,8-11,14,19H,1,4,7,12-13H2,2-3H3/t19-/m1/s1. The molecule has 26 heavy (non-hydrogen) atoms. The van der Waals surface area contributed by atoms with Crippen molar-refractivity contribution in [1.82, 2.24) is 4.98 Å². The molecule has 134 valence electrons. The number of hydrogen-bond donors (Lipinski definition) is 0. The minimum atomic E-state index is -0.567. The first kappa shape index (κ1) is 18.2. The molecule has 3 heteroatoms. The van der Waals surface area contributed by atoms with E-state index < -0.39 is 5.82 Å². The van der Waals surface area contributed by atoms with E-state index in [0.29, 0.717) is 5.92 Å². The van der Waals surface area contributed by atoms with Crippen LogP contribution >= 0.6 is 0 Å². The first-order valence-electron chi connectivity index (χ1n) is 9.01. The summed E-state index contributed by atoms with van der Waals surface area (Å²) in [6.45, 7) is 8.43. The van der Waals surface area contributed by atoms with Crippen LogP contribution in [-0.2, 0) is 6.42 Å². The minimum absolute atomic E-state index is 0.0965. The van der Waals surface area contributed by atoms with Crippen LogP contribution < -0.4 is 0 Å². The molecule has 0 amide bonds. The van der Waals surface area contributed by atoms with Crippen molar-refractivity contribution < 1.29 is 9.18 Å². The first-order valence-corrected chi connectivity index (χ1v) is 9.01. The van der Waals surface area contributed by atoms with Crippen molar-refractivity contribution in [3.8, 4) is 0 Å². The molecule has 1 aromatic carbocycles. The average molecular weight is 349 g/mol. The molecule has 2 aromatic rings. The summed E-state index contributed by atoms with van der Waals surface area (Å²) in [4.78, 5) is 16.0. The zero-order chi connectivity index (χ0) is 18.7. The third kappa shape index (κ3) is 3.98. The Hall–Kier alpha value is -2.55. The van der Waals surface area contributed by atoms with Gasteiger partial charge in [-0.3, -0.25) is 9.78 Å². The van der Waals surface area contributed by atoms with Crippen molar-refractivity contribution in [1.29, 1.82) is 0 Å². The Bertz CT molecular complexity index is 864. The number of hydrogen-bond acceptors (Lipinski definition) is 2. The molecular formula is C23H24FNO. The number of carbonyl (C=O) groups is 1. The van der Waals surface area contributed by atoms with Crippen molar-refractivity contribution >= 4 is 11.4 Å². The molecule has 0 aliphatic heterocycles. The summed E-state index contributed by atoms with van der Waals surface area (Å²) in [6, 6.07) is 9.52. The molecule has 1 aliphatic carbocycles. The number of ketones is 1. The molecule has 0 saturated heterocycles. The summed E-state index contributed by atoms with van der Waals surface area (Å²) in [6.07, 6.45) is 6.01. The van der Waals surface area contributed by atoms with Gasteiger partial charge in [0, 0.05) is 12.6 Å². The molecule has 1 atom stereocenters. The van der Waals surface area contributed by atoms with Gasteiger partial charge in [-0.15, -0.1) is 0 Å². The maximum Gasteiger partial charge on any atom is 0.170 e. The molecule has 3 rings (SSSR count). The van der Waals surface area contributed by atoms with Crippen LogP contribution in [0.3, 0.4) is 0 Å². The van der Waals surface area contributed by atoms with Crippen LogP contribution in [0.1, 0.15) is 54.6 Å². The van der Waals surface area contributed by atoms with E-state index >= 15 is 0 Å². The van der Waals surface area contributed by atoms with Crippen molar-refractivity contribution in [2.45, 2.75) is 39.5 Å². The van der Waals surface area contributed by atoms with E-state index in [2.05, 4.69) is 37.5 Å². The van der Waals surface area contributed by atoms with E-state index in [0.717, 1.165) is 24.6 Å². The Morgan fingerprint density at radius 3 is 2.65 bits per heavy atom. The molecule has 0 fully saturated rings.